The van der Waals surface area contributed by atoms with Gasteiger partial charge in [-0.05, 0) is 31.0 Å². The van der Waals surface area contributed by atoms with Crippen LogP contribution in [0.1, 0.15) is 16.7 Å². The Morgan fingerprint density at radius 2 is 1.79 bits per heavy atom. The number of nitrogens with one attached hydrogen (secondary N) is 2. The molecule has 0 saturated carbocycles. The van der Waals surface area contributed by atoms with E-state index in [9.17, 15) is 4.79 Å². The van der Waals surface area contributed by atoms with Gasteiger partial charge in [-0.25, -0.2) is 4.79 Å². The van der Waals surface area contributed by atoms with Crippen LogP contribution in [0.5, 0.6) is 0 Å². The molecular weight excluding hydrogens is 236 g/mol. The molecule has 19 heavy (non-hydrogen) atoms. The molecule has 0 saturated heterocycles. The van der Waals surface area contributed by atoms with Crippen LogP contribution in [0.2, 0.25) is 0 Å². The van der Waals surface area contributed by atoms with E-state index in [-0.39, 0.29) is 6.03 Å². The number of carbonyl (C=O) groups excluding carboxylic acids is 1. The van der Waals surface area contributed by atoms with Crippen molar-refractivity contribution in [2.75, 3.05) is 5.32 Å². The summed E-state index contributed by atoms with van der Waals surface area (Å²) >= 11 is 0. The number of aryl methyl sites for hydroxylation is 2. The molecule has 2 amide bonds. The standard InChI is InChI=1S/C16H18N2O/c1-12-8-9-15(13(2)10-12)18-16(19)17-11-14-6-4-3-5-7-14/h3-10H,11H2,1-2H3,(H2,17,18,19). The molecule has 3 heteroatoms. The number of anilines is 1. The van der Waals surface area contributed by atoms with Crippen molar-refractivity contribution in [2.24, 2.45) is 0 Å². The van der Waals surface area contributed by atoms with E-state index in [1.165, 1.54) is 5.56 Å². The number of hydrogen-bond donors (Lipinski definition) is 2. The fourth-order valence-corrected chi connectivity index (χ4v) is 1.90. The molecule has 0 spiro atoms. The number of rotatable bonds is 3. The highest BCUT2D eigenvalue weighted by Crippen LogP contribution is 2.15. The highest BCUT2D eigenvalue weighted by Gasteiger charge is 2.04. The van der Waals surface area contributed by atoms with Gasteiger partial charge in [-0.1, -0.05) is 48.0 Å². The molecule has 0 heterocycles. The molecule has 0 aromatic heterocycles. The maximum atomic E-state index is 11.8. The highest BCUT2D eigenvalue weighted by molar-refractivity contribution is 5.90. The Morgan fingerprint density at radius 3 is 2.47 bits per heavy atom. The summed E-state index contributed by atoms with van der Waals surface area (Å²) in [6.45, 7) is 4.55. The van der Waals surface area contributed by atoms with E-state index in [0.717, 1.165) is 16.8 Å². The topological polar surface area (TPSA) is 41.1 Å². The Hall–Kier alpha value is -2.29. The number of hydrogen-bond acceptors (Lipinski definition) is 1. The second kappa shape index (κ2) is 6.05. The van der Waals surface area contributed by atoms with Gasteiger partial charge < -0.3 is 10.6 Å². The van der Waals surface area contributed by atoms with Gasteiger partial charge in [0.25, 0.3) is 0 Å². The monoisotopic (exact) mass is 254 g/mol. The van der Waals surface area contributed by atoms with E-state index in [2.05, 4.69) is 10.6 Å². The van der Waals surface area contributed by atoms with Crippen molar-refractivity contribution in [3.05, 3.63) is 65.2 Å². The average molecular weight is 254 g/mol. The van der Waals surface area contributed by atoms with Crippen LogP contribution in [0.25, 0.3) is 0 Å². The lowest BCUT2D eigenvalue weighted by atomic mass is 10.1. The minimum absolute atomic E-state index is 0.184. The predicted molar refractivity (Wildman–Crippen MR) is 78.2 cm³/mol. The van der Waals surface area contributed by atoms with Crippen molar-refractivity contribution >= 4 is 11.7 Å². The number of urea groups is 1. The zero-order chi connectivity index (χ0) is 13.7. The van der Waals surface area contributed by atoms with Gasteiger partial charge in [-0.15, -0.1) is 0 Å². The van der Waals surface area contributed by atoms with E-state index in [4.69, 9.17) is 0 Å². The summed E-state index contributed by atoms with van der Waals surface area (Å²) < 4.78 is 0. The summed E-state index contributed by atoms with van der Waals surface area (Å²) in [7, 11) is 0. The van der Waals surface area contributed by atoms with E-state index in [1.807, 2.05) is 62.4 Å². The van der Waals surface area contributed by atoms with Gasteiger partial charge in [-0.3, -0.25) is 0 Å². The Labute approximate surface area is 113 Å². The molecule has 2 rings (SSSR count). The molecule has 0 radical (unpaired) electrons. The first-order chi connectivity index (χ1) is 9.15. The van der Waals surface area contributed by atoms with Gasteiger partial charge in [0.15, 0.2) is 0 Å². The predicted octanol–water partition coefficient (Wildman–Crippen LogP) is 3.63. The smallest absolute Gasteiger partial charge is 0.319 e. The third-order valence-electron chi connectivity index (χ3n) is 2.93. The van der Waals surface area contributed by atoms with Crippen molar-refractivity contribution in [1.82, 2.24) is 5.32 Å². The van der Waals surface area contributed by atoms with Crippen LogP contribution in [-0.4, -0.2) is 6.03 Å². The summed E-state index contributed by atoms with van der Waals surface area (Å²) in [4.78, 5) is 11.8. The second-order valence-electron chi connectivity index (χ2n) is 4.61. The molecule has 0 aliphatic carbocycles. The van der Waals surface area contributed by atoms with E-state index < -0.39 is 0 Å². The fourth-order valence-electron chi connectivity index (χ4n) is 1.90. The Kier molecular flexibility index (Phi) is 4.18. The van der Waals surface area contributed by atoms with Crippen LogP contribution in [0.15, 0.2) is 48.5 Å². The molecule has 0 bridgehead atoms. The van der Waals surface area contributed by atoms with Crippen molar-refractivity contribution in [1.29, 1.82) is 0 Å². The first kappa shape index (κ1) is 13.1. The van der Waals surface area contributed by atoms with Gasteiger partial charge in [0.05, 0.1) is 0 Å². The number of benzene rings is 2. The lowest BCUT2D eigenvalue weighted by molar-refractivity contribution is 0.251. The van der Waals surface area contributed by atoms with Crippen LogP contribution in [-0.2, 0) is 6.54 Å². The third kappa shape index (κ3) is 3.85. The van der Waals surface area contributed by atoms with Gasteiger partial charge in [0.1, 0.15) is 0 Å². The first-order valence-corrected chi connectivity index (χ1v) is 6.31. The number of carbonyl (C=O) groups is 1. The molecule has 98 valence electrons. The quantitative estimate of drug-likeness (QED) is 0.863. The summed E-state index contributed by atoms with van der Waals surface area (Å²) in [5.41, 5.74) is 4.18. The molecule has 2 aromatic rings. The van der Waals surface area contributed by atoms with Crippen LogP contribution >= 0.6 is 0 Å². The molecule has 2 N–H and O–H groups in total. The average Bonchev–Trinajstić information content (AvgIpc) is 2.41. The van der Waals surface area contributed by atoms with Crippen molar-refractivity contribution in [3.8, 4) is 0 Å². The van der Waals surface area contributed by atoms with E-state index >= 15 is 0 Å². The largest absolute Gasteiger partial charge is 0.334 e. The minimum Gasteiger partial charge on any atom is -0.334 e. The minimum atomic E-state index is -0.184. The second-order valence-corrected chi connectivity index (χ2v) is 4.61. The maximum Gasteiger partial charge on any atom is 0.319 e. The Morgan fingerprint density at radius 1 is 1.05 bits per heavy atom. The molecule has 0 aliphatic heterocycles. The SMILES string of the molecule is Cc1ccc(NC(=O)NCc2ccccc2)c(C)c1. The lowest BCUT2D eigenvalue weighted by Gasteiger charge is -2.10. The van der Waals surface area contributed by atoms with Crippen LogP contribution in [0, 0.1) is 13.8 Å². The van der Waals surface area contributed by atoms with Crippen molar-refractivity contribution in [3.63, 3.8) is 0 Å². The number of amides is 2. The first-order valence-electron chi connectivity index (χ1n) is 6.31. The van der Waals surface area contributed by atoms with Crippen molar-refractivity contribution < 1.29 is 4.79 Å². The van der Waals surface area contributed by atoms with Gasteiger partial charge >= 0.3 is 6.03 Å². The Bertz CT molecular complexity index is 564. The molecular formula is C16H18N2O. The molecule has 0 aliphatic rings. The van der Waals surface area contributed by atoms with Crippen molar-refractivity contribution in [2.45, 2.75) is 20.4 Å². The van der Waals surface area contributed by atoms with Gasteiger partial charge in [0.2, 0.25) is 0 Å². The van der Waals surface area contributed by atoms with Gasteiger partial charge in [-0.2, -0.15) is 0 Å². The normalized spacial score (nSPS) is 10.0. The van der Waals surface area contributed by atoms with Crippen LogP contribution < -0.4 is 10.6 Å². The van der Waals surface area contributed by atoms with E-state index in [0.29, 0.717) is 6.54 Å². The van der Waals surface area contributed by atoms with Crippen LogP contribution in [0.3, 0.4) is 0 Å². The van der Waals surface area contributed by atoms with Gasteiger partial charge in [0, 0.05) is 12.2 Å². The zero-order valence-corrected chi connectivity index (χ0v) is 11.2. The molecule has 3 nitrogen and oxygen atoms in total. The maximum absolute atomic E-state index is 11.8. The molecule has 2 aromatic carbocycles. The summed E-state index contributed by atoms with van der Waals surface area (Å²) in [6, 6.07) is 15.6. The lowest BCUT2D eigenvalue weighted by Crippen LogP contribution is -2.28. The van der Waals surface area contributed by atoms with Crippen LogP contribution in [0.4, 0.5) is 10.5 Å². The summed E-state index contributed by atoms with van der Waals surface area (Å²) in [6.07, 6.45) is 0. The Balaban J connectivity index is 1.91. The third-order valence-corrected chi connectivity index (χ3v) is 2.93. The zero-order valence-electron chi connectivity index (χ0n) is 11.2. The molecule has 0 fully saturated rings. The summed E-state index contributed by atoms with van der Waals surface area (Å²) in [5.74, 6) is 0. The molecule has 0 atom stereocenters. The fraction of sp³-hybridized carbons (Fsp3) is 0.188. The van der Waals surface area contributed by atoms with E-state index in [1.54, 1.807) is 0 Å². The molecule has 0 unspecified atom stereocenters. The summed E-state index contributed by atoms with van der Waals surface area (Å²) in [5, 5.41) is 5.70. The highest BCUT2D eigenvalue weighted by atomic mass is 16.2.